The number of hydrogen-bond donors (Lipinski definition) is 3. The molecule has 196 valence electrons. The molecule has 0 aromatic heterocycles. The van der Waals surface area contributed by atoms with Crippen molar-refractivity contribution in [3.63, 3.8) is 0 Å². The van der Waals surface area contributed by atoms with Gasteiger partial charge in [-0.1, -0.05) is 41.4 Å². The Balaban J connectivity index is 1.59. The number of likely N-dealkylation sites (tertiary alicyclic amines) is 1. The van der Waals surface area contributed by atoms with E-state index in [0.717, 1.165) is 21.6 Å². The average Bonchev–Trinajstić information content (AvgIpc) is 3.11. The topological polar surface area (TPSA) is 107 Å². The molecule has 0 spiro atoms. The third kappa shape index (κ3) is 5.74. The van der Waals surface area contributed by atoms with Gasteiger partial charge in [0.15, 0.2) is 0 Å². The van der Waals surface area contributed by atoms with Crippen LogP contribution in [0.3, 0.4) is 0 Å². The Morgan fingerprint density at radius 3 is 2.59 bits per heavy atom. The number of nitrogens with zero attached hydrogens (tertiary/aromatic N) is 1. The lowest BCUT2D eigenvalue weighted by atomic mass is 9.68. The van der Waals surface area contributed by atoms with Gasteiger partial charge in [-0.3, -0.25) is 14.5 Å². The fourth-order valence-electron chi connectivity index (χ4n) is 5.43. The number of carbonyl (C=O) groups is 2. The van der Waals surface area contributed by atoms with Gasteiger partial charge in [-0.05, 0) is 73.2 Å². The van der Waals surface area contributed by atoms with Crippen molar-refractivity contribution in [2.24, 2.45) is 17.8 Å². The zero-order valence-corrected chi connectivity index (χ0v) is 21.7. The summed E-state index contributed by atoms with van der Waals surface area (Å²) in [7, 11) is 1.47. The fourth-order valence-corrected chi connectivity index (χ4v) is 5.66. The molecule has 1 aliphatic heterocycles. The second-order valence-electron chi connectivity index (χ2n) is 9.77. The predicted octanol–water partition coefficient (Wildman–Crippen LogP) is 4.21. The molecule has 0 unspecified atom stereocenters. The van der Waals surface area contributed by atoms with Crippen LogP contribution in [-0.2, 0) is 9.59 Å². The summed E-state index contributed by atoms with van der Waals surface area (Å²) in [6.07, 6.45) is 2.16. The SMILES string of the molecule is C/C(=C\c1ccc(O)cc1Cl)CC[C@@H](O)C1=C(COc2ccccc2)C[C@H]2C(=O)N(C)C(=O)[C@H]2[C@H]1CO. The molecule has 2 aromatic carbocycles. The summed E-state index contributed by atoms with van der Waals surface area (Å²) >= 11 is 6.22. The van der Waals surface area contributed by atoms with Crippen LogP contribution in [0.4, 0.5) is 0 Å². The van der Waals surface area contributed by atoms with Gasteiger partial charge in [0.2, 0.25) is 11.8 Å². The van der Waals surface area contributed by atoms with Crippen molar-refractivity contribution in [1.82, 2.24) is 4.90 Å². The molecule has 0 saturated carbocycles. The number of allylic oxidation sites excluding steroid dienone is 1. The van der Waals surface area contributed by atoms with Crippen LogP contribution >= 0.6 is 11.6 Å². The number of fused-ring (bicyclic) bond motifs is 1. The molecule has 0 bridgehead atoms. The highest BCUT2D eigenvalue weighted by molar-refractivity contribution is 6.32. The molecule has 4 rings (SSSR count). The number of carbonyl (C=O) groups excluding carboxylic acids is 2. The molecule has 2 aliphatic rings. The van der Waals surface area contributed by atoms with Gasteiger partial charge in [0.05, 0.1) is 29.6 Å². The highest BCUT2D eigenvalue weighted by atomic mass is 35.5. The van der Waals surface area contributed by atoms with Crippen LogP contribution in [-0.4, -0.2) is 58.4 Å². The first kappa shape index (κ1) is 26.9. The highest BCUT2D eigenvalue weighted by Crippen LogP contribution is 2.46. The van der Waals surface area contributed by atoms with Crippen LogP contribution in [0, 0.1) is 17.8 Å². The van der Waals surface area contributed by atoms with E-state index in [2.05, 4.69) is 0 Å². The van der Waals surface area contributed by atoms with Crippen LogP contribution in [0.5, 0.6) is 11.5 Å². The first-order chi connectivity index (χ1) is 17.7. The standard InChI is InChI=1S/C29H32ClNO6/c1-17(12-18-9-10-20(33)14-24(18)30)8-11-25(34)26-19(16-37-21-6-4-3-5-7-21)13-22-27(23(26)15-32)29(36)31(2)28(22)35/h3-7,9-10,12,14,22-23,25,27,32-34H,8,11,13,15-16H2,1-2H3/b17-12+/t22-,23+,25-,27-/m1/s1. The smallest absolute Gasteiger partial charge is 0.233 e. The number of benzene rings is 2. The van der Waals surface area contributed by atoms with Crippen LogP contribution in [0.25, 0.3) is 6.08 Å². The highest BCUT2D eigenvalue weighted by Gasteiger charge is 2.53. The molecular formula is C29H32ClNO6. The molecule has 4 atom stereocenters. The molecule has 37 heavy (non-hydrogen) atoms. The Hall–Kier alpha value is -3.13. The van der Waals surface area contributed by atoms with Gasteiger partial charge in [-0.25, -0.2) is 0 Å². The number of phenolic OH excluding ortho intramolecular Hbond substituents is 1. The Bertz CT molecular complexity index is 1220. The molecule has 1 aliphatic carbocycles. The number of para-hydroxylation sites is 1. The van der Waals surface area contributed by atoms with Crippen LogP contribution in [0.2, 0.25) is 5.02 Å². The molecule has 2 amide bonds. The minimum Gasteiger partial charge on any atom is -0.508 e. The first-order valence-corrected chi connectivity index (χ1v) is 12.7. The van der Waals surface area contributed by atoms with Gasteiger partial charge >= 0.3 is 0 Å². The lowest BCUT2D eigenvalue weighted by Gasteiger charge is -2.36. The van der Waals surface area contributed by atoms with Gasteiger partial charge < -0.3 is 20.1 Å². The molecule has 1 fully saturated rings. The van der Waals surface area contributed by atoms with Crippen LogP contribution in [0.15, 0.2) is 65.3 Å². The number of halogens is 1. The summed E-state index contributed by atoms with van der Waals surface area (Å²) in [5, 5.41) is 31.7. The molecule has 3 N–H and O–H groups in total. The monoisotopic (exact) mass is 525 g/mol. The number of aliphatic hydroxyl groups is 2. The molecule has 8 heteroatoms. The molecule has 1 heterocycles. The van der Waals surface area contributed by atoms with E-state index in [1.807, 2.05) is 43.3 Å². The maximum atomic E-state index is 12.9. The largest absolute Gasteiger partial charge is 0.508 e. The number of aliphatic hydroxyl groups excluding tert-OH is 2. The zero-order chi connectivity index (χ0) is 26.7. The third-order valence-electron chi connectivity index (χ3n) is 7.31. The van der Waals surface area contributed by atoms with Gasteiger partial charge in [0, 0.05) is 13.0 Å². The summed E-state index contributed by atoms with van der Waals surface area (Å²) in [4.78, 5) is 26.9. The van der Waals surface area contributed by atoms with E-state index < -0.39 is 23.9 Å². The second kappa shape index (κ2) is 11.5. The van der Waals surface area contributed by atoms with E-state index in [1.165, 1.54) is 13.1 Å². The van der Waals surface area contributed by atoms with E-state index in [1.54, 1.807) is 12.1 Å². The Morgan fingerprint density at radius 2 is 1.92 bits per heavy atom. The first-order valence-electron chi connectivity index (χ1n) is 12.4. The van der Waals surface area contributed by atoms with Crippen LogP contribution in [0.1, 0.15) is 31.7 Å². The molecular weight excluding hydrogens is 494 g/mol. The van der Waals surface area contributed by atoms with Gasteiger partial charge in [-0.15, -0.1) is 0 Å². The van der Waals surface area contributed by atoms with E-state index in [0.29, 0.717) is 35.6 Å². The number of rotatable bonds is 9. The van der Waals surface area contributed by atoms with E-state index in [4.69, 9.17) is 16.3 Å². The summed E-state index contributed by atoms with van der Waals surface area (Å²) < 4.78 is 5.98. The van der Waals surface area contributed by atoms with Crippen molar-refractivity contribution < 1.29 is 29.6 Å². The quantitative estimate of drug-likeness (QED) is 0.334. The van der Waals surface area contributed by atoms with E-state index in [-0.39, 0.29) is 30.8 Å². The van der Waals surface area contributed by atoms with Crippen molar-refractivity contribution >= 4 is 29.5 Å². The number of phenols is 1. The summed E-state index contributed by atoms with van der Waals surface area (Å²) in [5.74, 6) is -1.77. The van der Waals surface area contributed by atoms with Crippen molar-refractivity contribution in [3.05, 3.63) is 75.8 Å². The van der Waals surface area contributed by atoms with E-state index >= 15 is 0 Å². The number of aromatic hydroxyl groups is 1. The Kier molecular flexibility index (Phi) is 8.37. The number of amides is 2. The second-order valence-corrected chi connectivity index (χ2v) is 10.2. The van der Waals surface area contributed by atoms with Gasteiger partial charge in [0.1, 0.15) is 18.1 Å². The van der Waals surface area contributed by atoms with Crippen molar-refractivity contribution in [1.29, 1.82) is 0 Å². The minimum absolute atomic E-state index is 0.0867. The van der Waals surface area contributed by atoms with Crippen molar-refractivity contribution in [3.8, 4) is 11.5 Å². The van der Waals surface area contributed by atoms with Gasteiger partial charge in [0.25, 0.3) is 0 Å². The van der Waals surface area contributed by atoms with Crippen molar-refractivity contribution in [2.75, 3.05) is 20.3 Å². The third-order valence-corrected chi connectivity index (χ3v) is 7.64. The molecule has 0 radical (unpaired) electrons. The fraction of sp³-hybridized carbons (Fsp3) is 0.379. The maximum absolute atomic E-state index is 12.9. The summed E-state index contributed by atoms with van der Waals surface area (Å²) in [6.45, 7) is 1.73. The summed E-state index contributed by atoms with van der Waals surface area (Å²) in [5.41, 5.74) is 3.06. The normalized spacial score (nSPS) is 22.9. The predicted molar refractivity (Wildman–Crippen MR) is 141 cm³/mol. The lowest BCUT2D eigenvalue weighted by Crippen LogP contribution is -2.39. The Labute approximate surface area is 221 Å². The molecule has 2 aromatic rings. The number of hydrogen-bond acceptors (Lipinski definition) is 6. The zero-order valence-electron chi connectivity index (χ0n) is 20.9. The minimum atomic E-state index is -0.931. The summed E-state index contributed by atoms with van der Waals surface area (Å²) in [6, 6.07) is 14.0. The van der Waals surface area contributed by atoms with Crippen LogP contribution < -0.4 is 4.74 Å². The average molecular weight is 526 g/mol. The number of ether oxygens (including phenoxy) is 1. The van der Waals surface area contributed by atoms with E-state index in [9.17, 15) is 24.9 Å². The lowest BCUT2D eigenvalue weighted by molar-refractivity contribution is -0.138. The maximum Gasteiger partial charge on any atom is 0.233 e. The molecule has 1 saturated heterocycles. The van der Waals surface area contributed by atoms with Gasteiger partial charge in [-0.2, -0.15) is 0 Å². The molecule has 7 nitrogen and oxygen atoms in total. The van der Waals surface area contributed by atoms with Crippen molar-refractivity contribution in [2.45, 2.75) is 32.3 Å². The number of imide groups is 1. The Morgan fingerprint density at radius 1 is 1.19 bits per heavy atom.